The van der Waals surface area contributed by atoms with Crippen LogP contribution in [0, 0.1) is 5.41 Å². The smallest absolute Gasteiger partial charge is 0.255 e. The number of alkyl halides is 2. The minimum absolute atomic E-state index is 0. The van der Waals surface area contributed by atoms with Crippen molar-refractivity contribution in [1.29, 1.82) is 0 Å². The molecule has 0 aromatic carbocycles. The zero-order valence-electron chi connectivity index (χ0n) is 8.14. The lowest BCUT2D eigenvalue weighted by Crippen LogP contribution is -2.65. The van der Waals surface area contributed by atoms with E-state index in [2.05, 4.69) is 10.6 Å². The Morgan fingerprint density at radius 2 is 2.21 bits per heavy atom. The molecule has 1 aliphatic heterocycles. The standard InChI is InChI=1S/C8H14F2N2O.ClH/c1-8(2)4-12-6(8)7(13)11-3-5(9)10;/h5-6,12H,3-4H2,1-2H3,(H,11,13);1H. The molecule has 84 valence electrons. The van der Waals surface area contributed by atoms with Crippen LogP contribution in [0.5, 0.6) is 0 Å². The lowest BCUT2D eigenvalue weighted by molar-refractivity contribution is -0.130. The number of carbonyl (C=O) groups excluding carboxylic acids is 1. The molecule has 1 aliphatic rings. The molecule has 6 heteroatoms. The number of amides is 1. The zero-order valence-corrected chi connectivity index (χ0v) is 8.96. The first-order valence-electron chi connectivity index (χ1n) is 4.23. The van der Waals surface area contributed by atoms with Gasteiger partial charge in [-0.05, 0) is 0 Å². The van der Waals surface area contributed by atoms with E-state index in [1.807, 2.05) is 13.8 Å². The molecule has 14 heavy (non-hydrogen) atoms. The predicted molar refractivity (Wildman–Crippen MR) is 51.8 cm³/mol. The van der Waals surface area contributed by atoms with Crippen molar-refractivity contribution in [3.63, 3.8) is 0 Å². The molecule has 0 aliphatic carbocycles. The summed E-state index contributed by atoms with van der Waals surface area (Å²) in [6.45, 7) is 4.04. The molecule has 1 atom stereocenters. The molecule has 0 bridgehead atoms. The molecular weight excluding hydrogens is 214 g/mol. The van der Waals surface area contributed by atoms with E-state index in [1.165, 1.54) is 0 Å². The van der Waals surface area contributed by atoms with E-state index >= 15 is 0 Å². The Balaban J connectivity index is 0.00000169. The number of hydrogen-bond acceptors (Lipinski definition) is 2. The number of hydrogen-bond donors (Lipinski definition) is 2. The Labute approximate surface area is 88.0 Å². The first kappa shape index (κ1) is 13.6. The third-order valence-corrected chi connectivity index (χ3v) is 2.24. The van der Waals surface area contributed by atoms with E-state index in [0.29, 0.717) is 0 Å². The predicted octanol–water partition coefficient (Wildman–Crippen LogP) is 0.788. The quantitative estimate of drug-likeness (QED) is 0.750. The van der Waals surface area contributed by atoms with Crippen molar-refractivity contribution in [2.24, 2.45) is 5.41 Å². The summed E-state index contributed by atoms with van der Waals surface area (Å²) < 4.78 is 23.5. The Morgan fingerprint density at radius 3 is 2.50 bits per heavy atom. The van der Waals surface area contributed by atoms with Gasteiger partial charge in [-0.2, -0.15) is 0 Å². The van der Waals surface area contributed by atoms with Crippen LogP contribution < -0.4 is 10.6 Å². The van der Waals surface area contributed by atoms with Crippen LogP contribution in [0.25, 0.3) is 0 Å². The van der Waals surface area contributed by atoms with Gasteiger partial charge in [-0.25, -0.2) is 8.78 Å². The second-order valence-electron chi connectivity index (χ2n) is 3.94. The van der Waals surface area contributed by atoms with Crippen molar-refractivity contribution < 1.29 is 13.6 Å². The van der Waals surface area contributed by atoms with Crippen LogP contribution in [-0.4, -0.2) is 31.5 Å². The summed E-state index contributed by atoms with van der Waals surface area (Å²) in [7, 11) is 0. The summed E-state index contributed by atoms with van der Waals surface area (Å²) in [5.74, 6) is -0.337. The van der Waals surface area contributed by atoms with Gasteiger partial charge in [0.1, 0.15) is 0 Å². The highest BCUT2D eigenvalue weighted by atomic mass is 35.5. The number of carbonyl (C=O) groups is 1. The van der Waals surface area contributed by atoms with E-state index in [-0.39, 0.29) is 29.8 Å². The van der Waals surface area contributed by atoms with Crippen LogP contribution >= 0.6 is 12.4 Å². The lowest BCUT2D eigenvalue weighted by Gasteiger charge is -2.44. The SMILES string of the molecule is CC1(C)CNC1C(=O)NCC(F)F.Cl. The monoisotopic (exact) mass is 228 g/mol. The molecule has 1 amide bonds. The molecule has 1 saturated heterocycles. The lowest BCUT2D eigenvalue weighted by atomic mass is 9.77. The third-order valence-electron chi connectivity index (χ3n) is 2.24. The van der Waals surface area contributed by atoms with E-state index < -0.39 is 13.0 Å². The van der Waals surface area contributed by atoms with Crippen LogP contribution in [0.4, 0.5) is 8.78 Å². The molecule has 0 aromatic rings. The second kappa shape index (κ2) is 4.89. The van der Waals surface area contributed by atoms with Crippen LogP contribution in [0.3, 0.4) is 0 Å². The molecule has 0 spiro atoms. The van der Waals surface area contributed by atoms with Crippen molar-refractivity contribution >= 4 is 18.3 Å². The van der Waals surface area contributed by atoms with Gasteiger partial charge >= 0.3 is 0 Å². The minimum Gasteiger partial charge on any atom is -0.349 e. The summed E-state index contributed by atoms with van der Waals surface area (Å²) in [5, 5.41) is 5.09. The molecule has 1 unspecified atom stereocenters. The van der Waals surface area contributed by atoms with Crippen molar-refractivity contribution in [2.75, 3.05) is 13.1 Å². The van der Waals surface area contributed by atoms with E-state index in [4.69, 9.17) is 0 Å². The Morgan fingerprint density at radius 1 is 1.64 bits per heavy atom. The van der Waals surface area contributed by atoms with Crippen molar-refractivity contribution in [1.82, 2.24) is 10.6 Å². The van der Waals surface area contributed by atoms with E-state index in [0.717, 1.165) is 6.54 Å². The van der Waals surface area contributed by atoms with Crippen molar-refractivity contribution in [3.05, 3.63) is 0 Å². The molecule has 1 fully saturated rings. The van der Waals surface area contributed by atoms with Gasteiger partial charge in [0, 0.05) is 12.0 Å². The molecule has 0 radical (unpaired) electrons. The molecule has 3 nitrogen and oxygen atoms in total. The molecule has 2 N–H and O–H groups in total. The minimum atomic E-state index is -2.48. The highest BCUT2D eigenvalue weighted by molar-refractivity contribution is 5.85. The van der Waals surface area contributed by atoms with Crippen LogP contribution in [0.15, 0.2) is 0 Å². The summed E-state index contributed by atoms with van der Waals surface area (Å²) >= 11 is 0. The van der Waals surface area contributed by atoms with E-state index in [1.54, 1.807) is 0 Å². The van der Waals surface area contributed by atoms with E-state index in [9.17, 15) is 13.6 Å². The number of rotatable bonds is 3. The topological polar surface area (TPSA) is 41.1 Å². The van der Waals surface area contributed by atoms with Gasteiger partial charge in [0.05, 0.1) is 12.6 Å². The van der Waals surface area contributed by atoms with Gasteiger partial charge < -0.3 is 10.6 Å². The number of nitrogens with one attached hydrogen (secondary N) is 2. The van der Waals surface area contributed by atoms with Gasteiger partial charge in [-0.15, -0.1) is 12.4 Å². The molecule has 0 aromatic heterocycles. The van der Waals surface area contributed by atoms with Gasteiger partial charge in [-0.1, -0.05) is 13.8 Å². The fourth-order valence-electron chi connectivity index (χ4n) is 1.34. The maximum Gasteiger partial charge on any atom is 0.255 e. The third kappa shape index (κ3) is 3.06. The highest BCUT2D eigenvalue weighted by Gasteiger charge is 2.42. The first-order chi connectivity index (χ1) is 5.93. The molecule has 0 saturated carbocycles. The first-order valence-corrected chi connectivity index (χ1v) is 4.23. The maximum absolute atomic E-state index is 11.7. The Kier molecular flexibility index (Phi) is 4.74. The fraction of sp³-hybridized carbons (Fsp3) is 0.875. The summed E-state index contributed by atoms with van der Waals surface area (Å²) in [6.07, 6.45) is -2.48. The zero-order chi connectivity index (χ0) is 10.1. The summed E-state index contributed by atoms with van der Waals surface area (Å²) in [6, 6.07) is -0.328. The fourth-order valence-corrected chi connectivity index (χ4v) is 1.34. The van der Waals surface area contributed by atoms with Gasteiger partial charge in [-0.3, -0.25) is 4.79 Å². The van der Waals surface area contributed by atoms with Crippen molar-refractivity contribution in [3.8, 4) is 0 Å². The molecule has 1 rings (SSSR count). The molecular formula is C8H15ClF2N2O. The van der Waals surface area contributed by atoms with Crippen molar-refractivity contribution in [2.45, 2.75) is 26.3 Å². The Hall–Kier alpha value is -0.420. The van der Waals surface area contributed by atoms with Crippen LogP contribution in [-0.2, 0) is 4.79 Å². The number of halogens is 3. The summed E-state index contributed by atoms with van der Waals surface area (Å²) in [5.41, 5.74) is -0.119. The normalized spacial score (nSPS) is 23.6. The highest BCUT2D eigenvalue weighted by Crippen LogP contribution is 2.27. The summed E-state index contributed by atoms with van der Waals surface area (Å²) in [4.78, 5) is 11.2. The largest absolute Gasteiger partial charge is 0.349 e. The van der Waals surface area contributed by atoms with Gasteiger partial charge in [0.25, 0.3) is 6.43 Å². The van der Waals surface area contributed by atoms with Gasteiger partial charge in [0.15, 0.2) is 0 Å². The second-order valence-corrected chi connectivity index (χ2v) is 3.94. The Bertz CT molecular complexity index is 212. The molecule has 1 heterocycles. The van der Waals surface area contributed by atoms with Crippen LogP contribution in [0.2, 0.25) is 0 Å². The average molecular weight is 229 g/mol. The maximum atomic E-state index is 11.7. The average Bonchev–Trinajstić information content (AvgIpc) is 1.99. The van der Waals surface area contributed by atoms with Gasteiger partial charge in [0.2, 0.25) is 5.91 Å². The van der Waals surface area contributed by atoms with Crippen LogP contribution in [0.1, 0.15) is 13.8 Å².